The maximum absolute atomic E-state index is 14.2. The second-order valence-corrected chi connectivity index (χ2v) is 7.53. The Labute approximate surface area is 153 Å². The number of rotatable bonds is 2. The van der Waals surface area contributed by atoms with Gasteiger partial charge in [0, 0.05) is 18.1 Å². The average molecular weight is 384 g/mol. The molecule has 0 spiro atoms. The SMILES string of the molecule is C[C@@H](c1nc2nc(Cl)c(-c3c(F)cc(F)cc3F)c(N)n2n1)C(C)(C)C. The van der Waals surface area contributed by atoms with E-state index in [0.717, 1.165) is 0 Å². The number of benzene rings is 1. The van der Waals surface area contributed by atoms with E-state index in [9.17, 15) is 13.2 Å². The van der Waals surface area contributed by atoms with Crippen LogP contribution in [0.3, 0.4) is 0 Å². The lowest BCUT2D eigenvalue weighted by Crippen LogP contribution is -2.16. The topological polar surface area (TPSA) is 69.1 Å². The molecule has 3 aromatic rings. The fourth-order valence-corrected chi connectivity index (χ4v) is 2.76. The minimum Gasteiger partial charge on any atom is -0.383 e. The van der Waals surface area contributed by atoms with Crippen molar-refractivity contribution in [3.63, 3.8) is 0 Å². The maximum atomic E-state index is 14.2. The lowest BCUT2D eigenvalue weighted by Gasteiger charge is -2.24. The summed E-state index contributed by atoms with van der Waals surface area (Å²) in [6, 6.07) is 1.10. The van der Waals surface area contributed by atoms with Crippen LogP contribution in [0.5, 0.6) is 0 Å². The zero-order valence-corrected chi connectivity index (χ0v) is 15.4. The fourth-order valence-electron chi connectivity index (χ4n) is 2.49. The largest absolute Gasteiger partial charge is 0.383 e. The van der Waals surface area contributed by atoms with Gasteiger partial charge in [-0.25, -0.2) is 13.2 Å². The highest BCUT2D eigenvalue weighted by Gasteiger charge is 2.28. The van der Waals surface area contributed by atoms with Crippen molar-refractivity contribution in [1.82, 2.24) is 19.6 Å². The van der Waals surface area contributed by atoms with Gasteiger partial charge in [0.1, 0.15) is 28.4 Å². The van der Waals surface area contributed by atoms with E-state index in [4.69, 9.17) is 17.3 Å². The minimum absolute atomic E-state index is 0.0369. The van der Waals surface area contributed by atoms with Crippen molar-refractivity contribution in [3.8, 4) is 11.1 Å². The highest BCUT2D eigenvalue weighted by Crippen LogP contribution is 2.37. The molecule has 0 fully saturated rings. The van der Waals surface area contributed by atoms with Crippen molar-refractivity contribution < 1.29 is 13.2 Å². The Morgan fingerprint density at radius 1 is 1.08 bits per heavy atom. The molecule has 138 valence electrons. The van der Waals surface area contributed by atoms with E-state index in [1.54, 1.807) is 0 Å². The summed E-state index contributed by atoms with van der Waals surface area (Å²) >= 11 is 6.11. The van der Waals surface area contributed by atoms with Crippen LogP contribution in [0.15, 0.2) is 12.1 Å². The van der Waals surface area contributed by atoms with Gasteiger partial charge in [-0.05, 0) is 5.41 Å². The Hall–Kier alpha value is -2.35. The third kappa shape index (κ3) is 2.98. The van der Waals surface area contributed by atoms with Crippen molar-refractivity contribution in [3.05, 3.63) is 40.6 Å². The molecule has 26 heavy (non-hydrogen) atoms. The highest BCUT2D eigenvalue weighted by molar-refractivity contribution is 6.32. The molecule has 5 nitrogen and oxygen atoms in total. The third-order valence-corrected chi connectivity index (χ3v) is 4.71. The van der Waals surface area contributed by atoms with Gasteiger partial charge in [-0.2, -0.15) is 14.5 Å². The van der Waals surface area contributed by atoms with Crippen LogP contribution >= 0.6 is 11.6 Å². The quantitative estimate of drug-likeness (QED) is 0.657. The molecule has 0 saturated carbocycles. The Morgan fingerprint density at radius 2 is 1.65 bits per heavy atom. The molecule has 0 aliphatic heterocycles. The van der Waals surface area contributed by atoms with Crippen LogP contribution in [0.25, 0.3) is 16.9 Å². The van der Waals surface area contributed by atoms with E-state index >= 15 is 0 Å². The molecule has 0 aliphatic rings. The van der Waals surface area contributed by atoms with Gasteiger partial charge in [-0.3, -0.25) is 0 Å². The van der Waals surface area contributed by atoms with E-state index in [1.807, 2.05) is 27.7 Å². The van der Waals surface area contributed by atoms with Crippen molar-refractivity contribution in [2.75, 3.05) is 5.73 Å². The molecule has 2 aromatic heterocycles. The molecular formula is C17H17ClF3N5. The Balaban J connectivity index is 2.27. The number of fused-ring (bicyclic) bond motifs is 1. The van der Waals surface area contributed by atoms with Crippen molar-refractivity contribution in [2.24, 2.45) is 5.41 Å². The zero-order chi connectivity index (χ0) is 19.4. The van der Waals surface area contributed by atoms with Gasteiger partial charge in [-0.15, -0.1) is 5.10 Å². The number of hydrogen-bond donors (Lipinski definition) is 1. The average Bonchev–Trinajstić information content (AvgIpc) is 2.91. The lowest BCUT2D eigenvalue weighted by molar-refractivity contribution is 0.328. The standard InChI is InChI=1S/C17H17ClF3N5/c1-7(17(2,3)4)15-24-16-23-13(18)12(14(22)26(16)25-15)11-9(20)5-8(19)6-10(11)21/h5-7H,22H2,1-4H3/t7-/m0/s1. The number of hydrogen-bond acceptors (Lipinski definition) is 4. The number of nitrogens with two attached hydrogens (primary N) is 1. The molecule has 9 heteroatoms. The minimum atomic E-state index is -1.14. The van der Waals surface area contributed by atoms with E-state index in [1.165, 1.54) is 4.52 Å². The fraction of sp³-hybridized carbons (Fsp3) is 0.353. The number of halogens is 4. The number of nitrogen functional groups attached to an aromatic ring is 1. The molecule has 3 rings (SSSR count). The van der Waals surface area contributed by atoms with Crippen LogP contribution in [0.4, 0.5) is 19.0 Å². The van der Waals surface area contributed by atoms with Crippen LogP contribution in [-0.4, -0.2) is 19.6 Å². The molecule has 0 amide bonds. The van der Waals surface area contributed by atoms with Crippen LogP contribution < -0.4 is 5.73 Å². The second kappa shape index (κ2) is 6.12. The molecule has 0 radical (unpaired) electrons. The molecule has 0 aliphatic carbocycles. The maximum Gasteiger partial charge on any atom is 0.255 e. The first-order valence-corrected chi connectivity index (χ1v) is 8.25. The third-order valence-electron chi connectivity index (χ3n) is 4.44. The molecule has 1 aromatic carbocycles. The molecular weight excluding hydrogens is 367 g/mol. The molecule has 0 saturated heterocycles. The van der Waals surface area contributed by atoms with Crippen molar-refractivity contribution in [2.45, 2.75) is 33.6 Å². The van der Waals surface area contributed by atoms with Gasteiger partial charge < -0.3 is 5.73 Å². The first-order chi connectivity index (χ1) is 12.0. The monoisotopic (exact) mass is 383 g/mol. The molecule has 0 unspecified atom stereocenters. The highest BCUT2D eigenvalue weighted by atomic mass is 35.5. The van der Waals surface area contributed by atoms with Gasteiger partial charge in [0.2, 0.25) is 0 Å². The van der Waals surface area contributed by atoms with Gasteiger partial charge in [0.05, 0.1) is 11.1 Å². The van der Waals surface area contributed by atoms with E-state index < -0.39 is 23.0 Å². The Bertz CT molecular complexity index is 987. The molecule has 1 atom stereocenters. The van der Waals surface area contributed by atoms with Crippen LogP contribution in [-0.2, 0) is 0 Å². The summed E-state index contributed by atoms with van der Waals surface area (Å²) in [7, 11) is 0. The predicted molar refractivity (Wildman–Crippen MR) is 93.4 cm³/mol. The summed E-state index contributed by atoms with van der Waals surface area (Å²) in [5.41, 5.74) is 5.17. The Morgan fingerprint density at radius 3 is 2.19 bits per heavy atom. The van der Waals surface area contributed by atoms with Gasteiger partial charge in [0.15, 0.2) is 5.82 Å². The van der Waals surface area contributed by atoms with E-state index in [0.29, 0.717) is 18.0 Å². The summed E-state index contributed by atoms with van der Waals surface area (Å²) in [6.07, 6.45) is 0. The molecule has 2 N–H and O–H groups in total. The summed E-state index contributed by atoms with van der Waals surface area (Å²) in [6.45, 7) is 8.04. The van der Waals surface area contributed by atoms with Gasteiger partial charge >= 0.3 is 0 Å². The summed E-state index contributed by atoms with van der Waals surface area (Å²) < 4.78 is 42.7. The molecule has 2 heterocycles. The van der Waals surface area contributed by atoms with E-state index in [2.05, 4.69) is 15.1 Å². The predicted octanol–water partition coefficient (Wildman–Crippen LogP) is 4.59. The number of nitrogens with zero attached hydrogens (tertiary/aromatic N) is 4. The first kappa shape index (κ1) is 18.4. The lowest BCUT2D eigenvalue weighted by atomic mass is 9.82. The normalized spacial score (nSPS) is 13.4. The van der Waals surface area contributed by atoms with Gasteiger partial charge in [-0.1, -0.05) is 39.3 Å². The summed E-state index contributed by atoms with van der Waals surface area (Å²) in [5, 5.41) is 4.07. The van der Waals surface area contributed by atoms with Crippen LogP contribution in [0.2, 0.25) is 5.15 Å². The van der Waals surface area contributed by atoms with Crippen molar-refractivity contribution >= 4 is 23.2 Å². The van der Waals surface area contributed by atoms with E-state index in [-0.39, 0.29) is 33.6 Å². The van der Waals surface area contributed by atoms with Crippen LogP contribution in [0, 0.1) is 22.9 Å². The number of anilines is 1. The van der Waals surface area contributed by atoms with Crippen molar-refractivity contribution in [1.29, 1.82) is 0 Å². The Kier molecular flexibility index (Phi) is 4.34. The van der Waals surface area contributed by atoms with Crippen LogP contribution in [0.1, 0.15) is 39.4 Å². The summed E-state index contributed by atoms with van der Waals surface area (Å²) in [5.74, 6) is -2.90. The summed E-state index contributed by atoms with van der Waals surface area (Å²) in [4.78, 5) is 8.37. The zero-order valence-electron chi connectivity index (χ0n) is 14.6. The molecule has 0 bridgehead atoms. The first-order valence-electron chi connectivity index (χ1n) is 7.87. The van der Waals surface area contributed by atoms with Gasteiger partial charge in [0.25, 0.3) is 5.78 Å². The smallest absolute Gasteiger partial charge is 0.255 e. The number of aromatic nitrogens is 4. The second-order valence-electron chi connectivity index (χ2n) is 7.18.